The number of carbonyl (C=O) groups excluding carboxylic acids is 2. The Kier molecular flexibility index (Phi) is 5.36. The zero-order valence-corrected chi connectivity index (χ0v) is 11.4. The van der Waals surface area contributed by atoms with Crippen LogP contribution in [0.15, 0.2) is 18.2 Å². The number of carbonyl (C=O) groups is 2. The third kappa shape index (κ3) is 4.99. The molecule has 0 bridgehead atoms. The highest BCUT2D eigenvalue weighted by molar-refractivity contribution is 5.81. The summed E-state index contributed by atoms with van der Waals surface area (Å²) in [6.45, 7) is 5.54. The molecular weight excluding hydrogens is 246 g/mol. The molecule has 1 aromatic rings. The molecule has 0 radical (unpaired) electrons. The van der Waals surface area contributed by atoms with Gasteiger partial charge in [-0.05, 0) is 38.0 Å². The van der Waals surface area contributed by atoms with E-state index in [-0.39, 0.29) is 13.0 Å². The Balaban J connectivity index is 2.40. The summed E-state index contributed by atoms with van der Waals surface area (Å²) in [6.07, 6.45) is -0.835. The fourth-order valence-corrected chi connectivity index (χ4v) is 1.42. The van der Waals surface area contributed by atoms with Crippen molar-refractivity contribution in [2.45, 2.75) is 33.3 Å². The molecule has 5 heteroatoms. The molecule has 0 aliphatic heterocycles. The van der Waals surface area contributed by atoms with Gasteiger partial charge in [-0.25, -0.2) is 0 Å². The molecule has 0 aliphatic rings. The van der Waals surface area contributed by atoms with Crippen LogP contribution in [0, 0.1) is 13.8 Å². The van der Waals surface area contributed by atoms with Crippen LogP contribution in [0.4, 0.5) is 0 Å². The van der Waals surface area contributed by atoms with E-state index in [9.17, 15) is 9.59 Å². The Bertz CT molecular complexity index is 471. The fraction of sp³-hybridized carbons (Fsp3) is 0.429. The predicted octanol–water partition coefficient (Wildman–Crippen LogP) is 1.49. The average Bonchev–Trinajstić information content (AvgIpc) is 2.33. The number of ether oxygens (including phenoxy) is 2. The standard InChI is InChI=1S/C14H19NO4/c1-9-4-5-10(2)12(8-9)18-7-6-13(16)19-11(3)14(15)17/h4-5,8,11H,6-7H2,1-3H3,(H2,15,17)/t11-/m0/s1. The summed E-state index contributed by atoms with van der Waals surface area (Å²) in [6, 6.07) is 5.86. The molecule has 0 fully saturated rings. The van der Waals surface area contributed by atoms with Crippen LogP contribution in [-0.4, -0.2) is 24.6 Å². The number of rotatable bonds is 6. The second-order valence-corrected chi connectivity index (χ2v) is 4.40. The maximum absolute atomic E-state index is 11.4. The molecule has 0 saturated heterocycles. The van der Waals surface area contributed by atoms with E-state index in [1.165, 1.54) is 6.92 Å². The van der Waals surface area contributed by atoms with Crippen molar-refractivity contribution in [1.29, 1.82) is 0 Å². The van der Waals surface area contributed by atoms with Gasteiger partial charge in [0.15, 0.2) is 6.10 Å². The monoisotopic (exact) mass is 265 g/mol. The van der Waals surface area contributed by atoms with E-state index in [0.717, 1.165) is 16.9 Å². The molecule has 0 spiro atoms. The lowest BCUT2D eigenvalue weighted by atomic mass is 10.1. The predicted molar refractivity (Wildman–Crippen MR) is 70.8 cm³/mol. The summed E-state index contributed by atoms with van der Waals surface area (Å²) < 4.78 is 10.3. The van der Waals surface area contributed by atoms with Gasteiger partial charge < -0.3 is 15.2 Å². The number of aryl methyl sites for hydroxylation is 2. The topological polar surface area (TPSA) is 78.6 Å². The van der Waals surface area contributed by atoms with Gasteiger partial charge in [0, 0.05) is 0 Å². The number of primary amides is 1. The highest BCUT2D eigenvalue weighted by Gasteiger charge is 2.14. The first kappa shape index (κ1) is 15.0. The number of amides is 1. The Labute approximate surface area is 112 Å². The smallest absolute Gasteiger partial charge is 0.310 e. The summed E-state index contributed by atoms with van der Waals surface area (Å²) >= 11 is 0. The van der Waals surface area contributed by atoms with E-state index in [1.54, 1.807) is 0 Å². The van der Waals surface area contributed by atoms with Gasteiger partial charge in [0.2, 0.25) is 0 Å². The van der Waals surface area contributed by atoms with Crippen molar-refractivity contribution in [1.82, 2.24) is 0 Å². The molecule has 1 amide bonds. The minimum absolute atomic E-state index is 0.0744. The maximum Gasteiger partial charge on any atom is 0.310 e. The Morgan fingerprint density at radius 2 is 2.00 bits per heavy atom. The van der Waals surface area contributed by atoms with Crippen molar-refractivity contribution in [2.24, 2.45) is 5.73 Å². The van der Waals surface area contributed by atoms with E-state index in [2.05, 4.69) is 0 Å². The van der Waals surface area contributed by atoms with Gasteiger partial charge in [-0.1, -0.05) is 12.1 Å². The first-order chi connectivity index (χ1) is 8.90. The largest absolute Gasteiger partial charge is 0.493 e. The molecule has 0 aromatic heterocycles. The number of hydrogen-bond donors (Lipinski definition) is 1. The van der Waals surface area contributed by atoms with Gasteiger partial charge in [0.1, 0.15) is 5.75 Å². The summed E-state index contributed by atoms with van der Waals surface area (Å²) in [5.41, 5.74) is 7.09. The van der Waals surface area contributed by atoms with Crippen LogP contribution in [0.1, 0.15) is 24.5 Å². The molecule has 0 saturated carbocycles. The summed E-state index contributed by atoms with van der Waals surface area (Å²) in [5, 5.41) is 0. The third-order valence-electron chi connectivity index (χ3n) is 2.62. The number of benzene rings is 1. The highest BCUT2D eigenvalue weighted by Crippen LogP contribution is 2.19. The molecular formula is C14H19NO4. The van der Waals surface area contributed by atoms with Gasteiger partial charge in [-0.3, -0.25) is 9.59 Å². The van der Waals surface area contributed by atoms with Gasteiger partial charge in [-0.2, -0.15) is 0 Å². The van der Waals surface area contributed by atoms with E-state index >= 15 is 0 Å². The third-order valence-corrected chi connectivity index (χ3v) is 2.62. The number of nitrogens with two attached hydrogens (primary N) is 1. The molecule has 2 N–H and O–H groups in total. The summed E-state index contributed by atoms with van der Waals surface area (Å²) in [7, 11) is 0. The molecule has 104 valence electrons. The molecule has 0 aliphatic carbocycles. The quantitative estimate of drug-likeness (QED) is 0.790. The molecule has 5 nitrogen and oxygen atoms in total. The molecule has 1 atom stereocenters. The van der Waals surface area contributed by atoms with Crippen LogP contribution in [0.3, 0.4) is 0 Å². The van der Waals surface area contributed by atoms with Crippen LogP contribution in [0.5, 0.6) is 5.75 Å². The second-order valence-electron chi connectivity index (χ2n) is 4.40. The van der Waals surface area contributed by atoms with Crippen molar-refractivity contribution in [3.8, 4) is 5.75 Å². The zero-order valence-electron chi connectivity index (χ0n) is 11.4. The van der Waals surface area contributed by atoms with Crippen LogP contribution in [0.2, 0.25) is 0 Å². The SMILES string of the molecule is Cc1ccc(C)c(OCCC(=O)O[C@@H](C)C(N)=O)c1. The van der Waals surface area contributed by atoms with Crippen molar-refractivity contribution in [3.05, 3.63) is 29.3 Å². The van der Waals surface area contributed by atoms with E-state index < -0.39 is 18.0 Å². The normalized spacial score (nSPS) is 11.7. The molecule has 0 unspecified atom stereocenters. The lowest BCUT2D eigenvalue weighted by Crippen LogP contribution is -2.30. The van der Waals surface area contributed by atoms with Gasteiger partial charge >= 0.3 is 5.97 Å². The van der Waals surface area contributed by atoms with Gasteiger partial charge in [-0.15, -0.1) is 0 Å². The Morgan fingerprint density at radius 3 is 2.63 bits per heavy atom. The average molecular weight is 265 g/mol. The fourth-order valence-electron chi connectivity index (χ4n) is 1.42. The van der Waals surface area contributed by atoms with Crippen molar-refractivity contribution >= 4 is 11.9 Å². The van der Waals surface area contributed by atoms with Crippen LogP contribution in [0.25, 0.3) is 0 Å². The Morgan fingerprint density at radius 1 is 1.32 bits per heavy atom. The minimum atomic E-state index is -0.909. The van der Waals surface area contributed by atoms with Crippen LogP contribution >= 0.6 is 0 Å². The first-order valence-corrected chi connectivity index (χ1v) is 6.09. The summed E-state index contributed by atoms with van der Waals surface area (Å²) in [4.78, 5) is 22.1. The van der Waals surface area contributed by atoms with Crippen molar-refractivity contribution < 1.29 is 19.1 Å². The first-order valence-electron chi connectivity index (χ1n) is 6.09. The minimum Gasteiger partial charge on any atom is -0.493 e. The Hall–Kier alpha value is -2.04. The van der Waals surface area contributed by atoms with Gasteiger partial charge in [0.05, 0.1) is 13.0 Å². The zero-order chi connectivity index (χ0) is 14.4. The summed E-state index contributed by atoms with van der Waals surface area (Å²) in [5.74, 6) is -0.420. The van der Waals surface area contributed by atoms with E-state index in [1.807, 2.05) is 32.0 Å². The second kappa shape index (κ2) is 6.78. The maximum atomic E-state index is 11.4. The molecule has 1 rings (SSSR count). The molecule has 1 aromatic carbocycles. The van der Waals surface area contributed by atoms with Crippen LogP contribution < -0.4 is 10.5 Å². The lowest BCUT2D eigenvalue weighted by molar-refractivity contribution is -0.154. The number of hydrogen-bond acceptors (Lipinski definition) is 4. The van der Waals surface area contributed by atoms with E-state index in [0.29, 0.717) is 0 Å². The van der Waals surface area contributed by atoms with Crippen LogP contribution in [-0.2, 0) is 14.3 Å². The van der Waals surface area contributed by atoms with Crippen molar-refractivity contribution in [2.75, 3.05) is 6.61 Å². The highest BCUT2D eigenvalue weighted by atomic mass is 16.5. The van der Waals surface area contributed by atoms with Gasteiger partial charge in [0.25, 0.3) is 5.91 Å². The van der Waals surface area contributed by atoms with Crippen molar-refractivity contribution in [3.63, 3.8) is 0 Å². The number of esters is 1. The molecule has 19 heavy (non-hydrogen) atoms. The van der Waals surface area contributed by atoms with E-state index in [4.69, 9.17) is 15.2 Å². The molecule has 0 heterocycles. The lowest BCUT2D eigenvalue weighted by Gasteiger charge is -2.11.